The number of aromatic nitrogens is 1. The zero-order valence-electron chi connectivity index (χ0n) is 22.4. The molecule has 2 atom stereocenters. The lowest BCUT2D eigenvalue weighted by Crippen LogP contribution is -2.45. The highest BCUT2D eigenvalue weighted by molar-refractivity contribution is 7.72. The molecule has 0 spiro atoms. The number of piperidine rings is 1. The number of alkyl halides is 3. The number of halogens is 3. The third kappa shape index (κ3) is 6.33. The summed E-state index contributed by atoms with van der Waals surface area (Å²) in [5, 5.41) is 1.33. The second-order valence-corrected chi connectivity index (χ2v) is 11.3. The smallest absolute Gasteiger partial charge is 0.416 e. The molecule has 1 aromatic heterocycles. The number of hydrogen-bond acceptors (Lipinski definition) is 7. The molecule has 218 valence electrons. The van der Waals surface area contributed by atoms with Crippen molar-refractivity contribution in [1.29, 1.82) is 0 Å². The Hall–Kier alpha value is -3.64. The Balaban J connectivity index is 1.34. The van der Waals surface area contributed by atoms with Gasteiger partial charge >= 0.3 is 6.18 Å². The number of benzene rings is 2. The number of hydrogen-bond donors (Lipinski definition) is 2. The van der Waals surface area contributed by atoms with Gasteiger partial charge in [0.1, 0.15) is 11.1 Å². The number of pyridine rings is 1. The van der Waals surface area contributed by atoms with Crippen LogP contribution in [0.2, 0.25) is 0 Å². The normalized spacial score (nSPS) is 18.5. The second kappa shape index (κ2) is 12.1. The number of thiol groups is 1. The first-order valence-corrected chi connectivity index (χ1v) is 14.6. The minimum absolute atomic E-state index is 0.0366. The molecule has 0 aliphatic carbocycles. The van der Waals surface area contributed by atoms with Crippen LogP contribution in [0, 0.1) is 0 Å². The number of carbonyl (C=O) groups is 1. The van der Waals surface area contributed by atoms with Crippen molar-refractivity contribution >= 4 is 22.3 Å². The summed E-state index contributed by atoms with van der Waals surface area (Å²) in [5.41, 5.74) is 0.656. The lowest BCUT2D eigenvalue weighted by atomic mass is 9.96. The van der Waals surface area contributed by atoms with Gasteiger partial charge < -0.3 is 14.5 Å². The maximum absolute atomic E-state index is 13.7. The molecular weight excluding hydrogens is 557 g/mol. The highest BCUT2D eigenvalue weighted by atomic mass is 32.2. The van der Waals surface area contributed by atoms with Gasteiger partial charge in [-0.05, 0) is 54.8 Å². The molecule has 1 amide bonds. The van der Waals surface area contributed by atoms with Crippen molar-refractivity contribution in [3.05, 3.63) is 89.2 Å². The number of fused-ring (bicyclic) bond motifs is 1. The summed E-state index contributed by atoms with van der Waals surface area (Å²) in [4.78, 5) is 21.6. The lowest BCUT2D eigenvalue weighted by molar-refractivity contribution is -0.138. The first-order chi connectivity index (χ1) is 19.6. The number of ether oxygens (including phenoxy) is 1. The Morgan fingerprint density at radius 3 is 2.46 bits per heavy atom. The molecule has 1 saturated heterocycles. The monoisotopic (exact) mass is 588 g/mol. The van der Waals surface area contributed by atoms with E-state index in [-0.39, 0.29) is 24.1 Å². The van der Waals surface area contributed by atoms with E-state index in [0.717, 1.165) is 37.7 Å². The molecule has 0 saturated carbocycles. The van der Waals surface area contributed by atoms with Gasteiger partial charge in [0.05, 0.1) is 12.2 Å². The molecular formula is C29H31F3N4O4S. The van der Waals surface area contributed by atoms with Crippen molar-refractivity contribution in [2.45, 2.75) is 42.9 Å². The quantitative estimate of drug-likeness (QED) is 0.391. The van der Waals surface area contributed by atoms with Crippen LogP contribution in [0.1, 0.15) is 57.7 Å². The molecule has 2 unspecified atom stereocenters. The van der Waals surface area contributed by atoms with E-state index in [1.807, 2.05) is 12.1 Å². The summed E-state index contributed by atoms with van der Waals surface area (Å²) in [6, 6.07) is 12.9. The molecule has 41 heavy (non-hydrogen) atoms. The van der Waals surface area contributed by atoms with Gasteiger partial charge in [0.25, 0.3) is 5.91 Å². The first-order valence-electron chi connectivity index (χ1n) is 13.4. The summed E-state index contributed by atoms with van der Waals surface area (Å²) in [7, 11) is -1.54. The zero-order chi connectivity index (χ0) is 29.1. The maximum atomic E-state index is 13.7. The van der Waals surface area contributed by atoms with Crippen LogP contribution in [-0.4, -0.2) is 57.0 Å². The van der Waals surface area contributed by atoms with E-state index in [1.54, 1.807) is 42.5 Å². The zero-order valence-corrected chi connectivity index (χ0v) is 23.3. The maximum Gasteiger partial charge on any atom is 0.416 e. The predicted molar refractivity (Wildman–Crippen MR) is 148 cm³/mol. The minimum atomic E-state index is -4.71. The van der Waals surface area contributed by atoms with Gasteiger partial charge in [0.15, 0.2) is 10.7 Å². The van der Waals surface area contributed by atoms with E-state index in [9.17, 15) is 26.4 Å². The molecule has 2 aliphatic rings. The van der Waals surface area contributed by atoms with Crippen LogP contribution in [-0.2, 0) is 16.9 Å². The van der Waals surface area contributed by atoms with Gasteiger partial charge in [0.2, 0.25) is 0 Å². The number of rotatable bonds is 7. The SMILES string of the molecule is CN(C(=O)c1ccc2c(c1)C(NC(c1ccccc1C(F)(F)F)[SH](=O)=O)CCO2)C1CCN(c2ccncc2)CC1. The van der Waals surface area contributed by atoms with E-state index in [4.69, 9.17) is 4.74 Å². The molecule has 1 fully saturated rings. The largest absolute Gasteiger partial charge is 0.493 e. The number of nitrogens with zero attached hydrogens (tertiary/aromatic N) is 3. The van der Waals surface area contributed by atoms with E-state index in [1.165, 1.54) is 18.2 Å². The fourth-order valence-electron chi connectivity index (χ4n) is 5.58. The third-order valence-corrected chi connectivity index (χ3v) is 8.64. The minimum Gasteiger partial charge on any atom is -0.493 e. The number of nitrogens with one attached hydrogen (secondary N) is 1. The van der Waals surface area contributed by atoms with Crippen molar-refractivity contribution < 1.29 is 31.1 Å². The van der Waals surface area contributed by atoms with Crippen molar-refractivity contribution in [2.75, 3.05) is 31.6 Å². The predicted octanol–water partition coefficient (Wildman–Crippen LogP) is 4.56. The Morgan fingerprint density at radius 1 is 1.07 bits per heavy atom. The van der Waals surface area contributed by atoms with Crippen molar-refractivity contribution in [3.63, 3.8) is 0 Å². The molecule has 8 nitrogen and oxygen atoms in total. The Kier molecular flexibility index (Phi) is 8.50. The van der Waals surface area contributed by atoms with Crippen LogP contribution in [0.15, 0.2) is 67.0 Å². The summed E-state index contributed by atoms with van der Waals surface area (Å²) in [5.74, 6) is 0.274. The standard InChI is InChI=1S/C29H31F3N4O4S/c1-35(20-10-15-36(16-11-20)21-8-13-33-14-9-21)28(37)19-6-7-26-23(18-19)25(12-17-40-26)34-27(41(38)39)22-4-2-3-5-24(22)29(30,31)32/h2-9,13-14,18,20,25,27,34,41H,10-12,15-17H2,1H3. The van der Waals surface area contributed by atoms with Crippen LogP contribution >= 0.6 is 0 Å². The van der Waals surface area contributed by atoms with Gasteiger partial charge in [-0.15, -0.1) is 0 Å². The third-order valence-electron chi connectivity index (χ3n) is 7.79. The van der Waals surface area contributed by atoms with Gasteiger partial charge in [-0.1, -0.05) is 18.2 Å². The molecule has 3 heterocycles. The van der Waals surface area contributed by atoms with Crippen LogP contribution in [0.5, 0.6) is 5.75 Å². The van der Waals surface area contributed by atoms with Crippen LogP contribution < -0.4 is 15.0 Å². The van der Waals surface area contributed by atoms with Gasteiger partial charge in [-0.2, -0.15) is 13.2 Å². The summed E-state index contributed by atoms with van der Waals surface area (Å²) >= 11 is 0. The van der Waals surface area contributed by atoms with Crippen molar-refractivity contribution in [2.24, 2.45) is 0 Å². The number of anilines is 1. The fraction of sp³-hybridized carbons (Fsp3) is 0.379. The Bertz CT molecular complexity index is 1450. The average molecular weight is 589 g/mol. The van der Waals surface area contributed by atoms with E-state index < -0.39 is 33.9 Å². The molecule has 0 radical (unpaired) electrons. The van der Waals surface area contributed by atoms with Gasteiger partial charge in [0, 0.05) is 67.8 Å². The molecule has 0 bridgehead atoms. The Labute approximate surface area is 238 Å². The summed E-state index contributed by atoms with van der Waals surface area (Å²) in [6.07, 6.45) is 0.701. The molecule has 3 aromatic rings. The van der Waals surface area contributed by atoms with E-state index >= 15 is 0 Å². The van der Waals surface area contributed by atoms with Gasteiger partial charge in [-0.3, -0.25) is 15.1 Å². The van der Waals surface area contributed by atoms with Crippen LogP contribution in [0.25, 0.3) is 0 Å². The topological polar surface area (TPSA) is 91.8 Å². The highest BCUT2D eigenvalue weighted by Crippen LogP contribution is 2.38. The van der Waals surface area contributed by atoms with E-state index in [2.05, 4.69) is 15.2 Å². The highest BCUT2D eigenvalue weighted by Gasteiger charge is 2.37. The number of carbonyl (C=O) groups excluding carboxylic acids is 1. The Morgan fingerprint density at radius 2 is 1.78 bits per heavy atom. The average Bonchev–Trinajstić information content (AvgIpc) is 2.99. The lowest BCUT2D eigenvalue weighted by Gasteiger charge is -2.38. The van der Waals surface area contributed by atoms with Crippen LogP contribution in [0.3, 0.4) is 0 Å². The summed E-state index contributed by atoms with van der Waals surface area (Å²) < 4.78 is 71.2. The van der Waals surface area contributed by atoms with E-state index in [0.29, 0.717) is 23.3 Å². The number of amides is 1. The van der Waals surface area contributed by atoms with Gasteiger partial charge in [-0.25, -0.2) is 8.42 Å². The molecule has 1 N–H and O–H groups in total. The second-order valence-electron chi connectivity index (χ2n) is 10.2. The first kappa shape index (κ1) is 28.9. The van der Waals surface area contributed by atoms with Crippen molar-refractivity contribution in [3.8, 4) is 5.75 Å². The molecule has 12 heteroatoms. The molecule has 5 rings (SSSR count). The van der Waals surface area contributed by atoms with Crippen molar-refractivity contribution in [1.82, 2.24) is 15.2 Å². The molecule has 2 aromatic carbocycles. The van der Waals surface area contributed by atoms with Crippen LogP contribution in [0.4, 0.5) is 18.9 Å². The fourth-order valence-corrected chi connectivity index (χ4v) is 6.34. The summed E-state index contributed by atoms with van der Waals surface area (Å²) in [6.45, 7) is 1.84. The molecule has 2 aliphatic heterocycles.